The van der Waals surface area contributed by atoms with Crippen molar-refractivity contribution in [3.8, 4) is 11.5 Å². The fourth-order valence-corrected chi connectivity index (χ4v) is 5.15. The molecule has 12 nitrogen and oxygen atoms in total. The summed E-state index contributed by atoms with van der Waals surface area (Å²) in [4.78, 5) is 42.9. The second-order valence-electron chi connectivity index (χ2n) is 10.9. The van der Waals surface area contributed by atoms with Crippen LogP contribution in [0.4, 0.5) is 11.4 Å². The predicted octanol–water partition coefficient (Wildman–Crippen LogP) is 5.44. The largest absolute Gasteiger partial charge is 0.487 e. The maximum Gasteiger partial charge on any atom is 0.283 e. The van der Waals surface area contributed by atoms with Gasteiger partial charge >= 0.3 is 0 Å². The van der Waals surface area contributed by atoms with E-state index < -0.39 is 32.5 Å². The summed E-state index contributed by atoms with van der Waals surface area (Å²) in [5, 5.41) is 33.2. The molecule has 2 aromatic carbocycles. The summed E-state index contributed by atoms with van der Waals surface area (Å²) in [5.41, 5.74) is 2.77. The van der Waals surface area contributed by atoms with E-state index in [1.165, 1.54) is 0 Å². The Morgan fingerprint density at radius 2 is 1.16 bits per heavy atom. The summed E-state index contributed by atoms with van der Waals surface area (Å²) >= 11 is 0. The van der Waals surface area contributed by atoms with Gasteiger partial charge in [-0.2, -0.15) is 0 Å². The third kappa shape index (κ3) is 5.02. The van der Waals surface area contributed by atoms with E-state index in [1.54, 1.807) is 27.7 Å². The van der Waals surface area contributed by atoms with E-state index in [2.05, 4.69) is 0 Å². The molecule has 2 aromatic rings. The van der Waals surface area contributed by atoms with Crippen LogP contribution in [0.3, 0.4) is 0 Å². The van der Waals surface area contributed by atoms with Crippen molar-refractivity contribution in [3.63, 3.8) is 0 Å². The fourth-order valence-electron chi connectivity index (χ4n) is 5.15. The first-order valence-electron chi connectivity index (χ1n) is 12.0. The van der Waals surface area contributed by atoms with Crippen molar-refractivity contribution in [2.75, 3.05) is 0 Å². The quantitative estimate of drug-likeness (QED) is 0.278. The highest BCUT2D eigenvalue weighted by atomic mass is 16.6. The number of nitrogens with zero attached hydrogens (tertiary/aromatic N) is 3. The van der Waals surface area contributed by atoms with Crippen LogP contribution in [-0.4, -0.2) is 32.3 Å². The van der Waals surface area contributed by atoms with Crippen molar-refractivity contribution in [1.82, 2.24) is 0 Å². The number of nitro groups is 3. The minimum Gasteiger partial charge on any atom is -0.487 e. The van der Waals surface area contributed by atoms with E-state index in [-0.39, 0.29) is 22.5 Å². The van der Waals surface area contributed by atoms with Crippen LogP contribution >= 0.6 is 0 Å². The van der Waals surface area contributed by atoms with Crippen molar-refractivity contribution in [2.24, 2.45) is 0 Å². The number of aldehydes is 1. The van der Waals surface area contributed by atoms with Gasteiger partial charge < -0.3 is 9.47 Å². The molecule has 0 unspecified atom stereocenters. The Balaban J connectivity index is 0.000000212. The van der Waals surface area contributed by atoms with Crippen molar-refractivity contribution < 1.29 is 29.0 Å². The third-order valence-electron chi connectivity index (χ3n) is 7.03. The fraction of sp³-hybridized carbons (Fsp3) is 0.500. The van der Waals surface area contributed by atoms with Gasteiger partial charge in [-0.15, -0.1) is 0 Å². The smallest absolute Gasteiger partial charge is 0.283 e. The molecule has 38 heavy (non-hydrogen) atoms. The van der Waals surface area contributed by atoms with E-state index in [0.717, 1.165) is 5.56 Å². The van der Waals surface area contributed by atoms with Gasteiger partial charge in [0, 0.05) is 51.1 Å². The van der Waals surface area contributed by atoms with E-state index in [1.807, 2.05) is 27.7 Å². The van der Waals surface area contributed by atoms with Crippen LogP contribution in [0.25, 0.3) is 0 Å². The minimum absolute atomic E-state index is 0.0949. The van der Waals surface area contributed by atoms with Gasteiger partial charge in [0.25, 0.3) is 11.4 Å². The second-order valence-corrected chi connectivity index (χ2v) is 10.9. The van der Waals surface area contributed by atoms with E-state index in [9.17, 15) is 35.1 Å². The molecule has 0 bridgehead atoms. The molecule has 0 spiro atoms. The highest BCUT2D eigenvalue weighted by Gasteiger charge is 2.40. The third-order valence-corrected chi connectivity index (χ3v) is 7.03. The number of carbonyl (C=O) groups is 1. The zero-order chi connectivity index (χ0) is 28.9. The van der Waals surface area contributed by atoms with E-state index in [4.69, 9.17) is 9.47 Å². The summed E-state index contributed by atoms with van der Waals surface area (Å²) in [6, 6.07) is 0. The van der Waals surface area contributed by atoms with Crippen molar-refractivity contribution in [1.29, 1.82) is 0 Å². The predicted molar refractivity (Wildman–Crippen MR) is 138 cm³/mol. The Bertz CT molecular complexity index is 1390. The maximum atomic E-state index is 11.3. The topological polar surface area (TPSA) is 165 Å². The van der Waals surface area contributed by atoms with E-state index >= 15 is 0 Å². The number of hydrogen-bond acceptors (Lipinski definition) is 9. The normalized spacial score (nSPS) is 15.8. The minimum atomic E-state index is -0.556. The molecule has 2 aliphatic heterocycles. The zero-order valence-corrected chi connectivity index (χ0v) is 22.7. The average molecular weight is 530 g/mol. The number of fused-ring (bicyclic) bond motifs is 2. The lowest BCUT2D eigenvalue weighted by Crippen LogP contribution is -2.25. The Kier molecular flexibility index (Phi) is 7.24. The lowest BCUT2D eigenvalue weighted by Gasteiger charge is -2.18. The number of nitro benzene ring substituents is 2. The molecule has 0 aliphatic carbocycles. The van der Waals surface area contributed by atoms with Crippen LogP contribution < -0.4 is 9.47 Å². The Morgan fingerprint density at radius 3 is 1.58 bits per heavy atom. The molecule has 0 atom stereocenters. The average Bonchev–Trinajstić information content (AvgIpc) is 3.29. The van der Waals surface area contributed by atoms with Gasteiger partial charge in [0.05, 0.1) is 15.4 Å². The molecule has 4 rings (SSSR count). The van der Waals surface area contributed by atoms with Crippen LogP contribution in [0.2, 0.25) is 0 Å². The molecule has 2 heterocycles. The first-order chi connectivity index (χ1) is 17.4. The Hall–Kier alpha value is -4.09. The molecule has 0 N–H and O–H groups in total. The lowest BCUT2D eigenvalue weighted by atomic mass is 9.92. The number of ether oxygens (including phenoxy) is 2. The van der Waals surface area contributed by atoms with Crippen molar-refractivity contribution >= 4 is 17.7 Å². The van der Waals surface area contributed by atoms with Gasteiger partial charge in [0.2, 0.25) is 6.54 Å². The first kappa shape index (κ1) is 28.5. The van der Waals surface area contributed by atoms with Gasteiger partial charge in [-0.25, -0.2) is 0 Å². The molecule has 12 heteroatoms. The first-order valence-corrected chi connectivity index (χ1v) is 12.0. The number of carbonyl (C=O) groups excluding carboxylic acids is 1. The molecule has 0 aromatic heterocycles. The molecule has 0 amide bonds. The highest BCUT2D eigenvalue weighted by molar-refractivity contribution is 5.88. The Morgan fingerprint density at radius 1 is 0.737 bits per heavy atom. The summed E-state index contributed by atoms with van der Waals surface area (Å²) in [7, 11) is 0. The van der Waals surface area contributed by atoms with Gasteiger partial charge in [0.1, 0.15) is 28.3 Å². The monoisotopic (exact) mass is 529 g/mol. The molecular weight excluding hydrogens is 498 g/mol. The van der Waals surface area contributed by atoms with Crippen LogP contribution in [-0.2, 0) is 19.4 Å². The van der Waals surface area contributed by atoms with Gasteiger partial charge in [-0.1, -0.05) is 0 Å². The van der Waals surface area contributed by atoms with Gasteiger partial charge in [-0.3, -0.25) is 35.1 Å². The summed E-state index contributed by atoms with van der Waals surface area (Å²) in [6.45, 7) is 13.8. The molecular formula is C26H31N3O9. The number of benzene rings is 2. The highest BCUT2D eigenvalue weighted by Crippen LogP contribution is 2.46. The number of rotatable bonds is 5. The number of hydrogen-bond donors (Lipinski definition) is 0. The molecule has 2 aliphatic rings. The van der Waals surface area contributed by atoms with Crippen molar-refractivity contribution in [3.05, 3.63) is 74.9 Å². The SMILES string of the molecule is Cc1c(C)c([N+](=O)[O-])c(C=O)c2c1OC(C)(C)C2.Cc1c(C)c([N+](=O)[O-])c(C[N+](=O)[O-])c2c1OC(C)(C)C2. The van der Waals surface area contributed by atoms with E-state index in [0.29, 0.717) is 58.4 Å². The zero-order valence-electron chi connectivity index (χ0n) is 22.7. The van der Waals surface area contributed by atoms with Crippen LogP contribution in [0.15, 0.2) is 0 Å². The van der Waals surface area contributed by atoms with Crippen LogP contribution in [0.1, 0.15) is 77.0 Å². The molecule has 0 saturated heterocycles. The van der Waals surface area contributed by atoms with Gasteiger partial charge in [-0.05, 0) is 55.4 Å². The van der Waals surface area contributed by atoms with Crippen molar-refractivity contribution in [2.45, 2.75) is 86.0 Å². The molecule has 0 saturated carbocycles. The summed E-state index contributed by atoms with van der Waals surface area (Å²) in [6.07, 6.45) is 1.51. The second kappa shape index (κ2) is 9.66. The summed E-state index contributed by atoms with van der Waals surface area (Å²) in [5.74, 6) is 1.19. The molecule has 204 valence electrons. The lowest BCUT2D eigenvalue weighted by molar-refractivity contribution is -0.498. The van der Waals surface area contributed by atoms with Crippen LogP contribution in [0.5, 0.6) is 11.5 Å². The Labute approximate surface area is 219 Å². The summed E-state index contributed by atoms with van der Waals surface area (Å²) < 4.78 is 11.6. The maximum absolute atomic E-state index is 11.3. The molecule has 0 radical (unpaired) electrons. The standard InChI is InChI=1S/C13H16N2O5.C13H15NO4/c1-7-8(2)12-9(5-13(3,4)20-12)10(6-14(16)17)11(7)15(18)19;1-7-8(2)12-9(5-13(3,4)18-12)10(6-15)11(7)14(16)17/h5-6H2,1-4H3;6H,5H2,1-4H3. The van der Waals surface area contributed by atoms with Gasteiger partial charge in [0.15, 0.2) is 6.29 Å². The van der Waals surface area contributed by atoms with Crippen LogP contribution in [0, 0.1) is 58.0 Å². The molecule has 0 fully saturated rings.